The Morgan fingerprint density at radius 3 is 2.33 bits per heavy atom. The second-order valence-corrected chi connectivity index (χ2v) is 7.59. The number of carbonyl (C=O) groups is 2. The van der Waals surface area contributed by atoms with Gasteiger partial charge in [-0.2, -0.15) is 0 Å². The van der Waals surface area contributed by atoms with Crippen LogP contribution >= 0.6 is 0 Å². The zero-order valence-electron chi connectivity index (χ0n) is 14.2. The van der Waals surface area contributed by atoms with Crippen LogP contribution in [0.15, 0.2) is 30.3 Å². The van der Waals surface area contributed by atoms with Crippen LogP contribution in [0.5, 0.6) is 0 Å². The molecule has 0 spiro atoms. The molecule has 1 aromatic rings. The topological polar surface area (TPSA) is 49.4 Å². The molecule has 1 atom stereocenters. The van der Waals surface area contributed by atoms with Gasteiger partial charge in [-0.1, -0.05) is 56.0 Å². The zero-order chi connectivity index (χ0) is 16.6. The Morgan fingerprint density at radius 2 is 1.71 bits per heavy atom. The molecular weight excluding hydrogens is 300 g/mol. The van der Waals surface area contributed by atoms with Crippen LogP contribution in [0.25, 0.3) is 0 Å². The lowest BCUT2D eigenvalue weighted by Gasteiger charge is -2.51. The number of carbonyl (C=O) groups excluding carboxylic acids is 2. The van der Waals surface area contributed by atoms with Gasteiger partial charge in [-0.25, -0.2) is 0 Å². The maximum Gasteiger partial charge on any atom is 0.246 e. The van der Waals surface area contributed by atoms with E-state index in [-0.39, 0.29) is 17.9 Å². The number of likely N-dealkylation sites (tertiary alicyclic amines) is 1. The number of nitrogens with zero attached hydrogens (tertiary/aromatic N) is 1. The van der Waals surface area contributed by atoms with Gasteiger partial charge in [0.15, 0.2) is 0 Å². The molecule has 4 heteroatoms. The first-order valence-corrected chi connectivity index (χ1v) is 9.39. The van der Waals surface area contributed by atoms with Crippen LogP contribution in [-0.4, -0.2) is 28.3 Å². The molecular formula is C20H26N2O2. The first-order chi connectivity index (χ1) is 11.7. The van der Waals surface area contributed by atoms with E-state index < -0.39 is 5.54 Å². The van der Waals surface area contributed by atoms with Crippen LogP contribution in [-0.2, 0) is 9.59 Å². The number of amides is 2. The number of hydrogen-bond acceptors (Lipinski definition) is 2. The van der Waals surface area contributed by atoms with Gasteiger partial charge in [-0.15, -0.1) is 0 Å². The second-order valence-electron chi connectivity index (χ2n) is 7.59. The molecule has 1 saturated heterocycles. The summed E-state index contributed by atoms with van der Waals surface area (Å²) in [5, 5.41) is 3.27. The van der Waals surface area contributed by atoms with Crippen molar-refractivity contribution in [3.63, 3.8) is 0 Å². The quantitative estimate of drug-likeness (QED) is 0.863. The normalized spacial score (nSPS) is 26.4. The average molecular weight is 326 g/mol. The second kappa shape index (κ2) is 6.23. The fourth-order valence-electron chi connectivity index (χ4n) is 4.82. The molecule has 4 nitrogen and oxygen atoms in total. The summed E-state index contributed by atoms with van der Waals surface area (Å²) in [7, 11) is 0. The Bertz CT molecular complexity index is 616. The van der Waals surface area contributed by atoms with E-state index in [2.05, 4.69) is 17.4 Å². The smallest absolute Gasteiger partial charge is 0.246 e. The molecule has 0 bridgehead atoms. The van der Waals surface area contributed by atoms with Crippen molar-refractivity contribution in [2.45, 2.75) is 75.4 Å². The molecule has 3 aliphatic rings. The summed E-state index contributed by atoms with van der Waals surface area (Å²) in [5.74, 6) is 0.230. The number of β-lactam (4-membered cyclic amide) rings is 1. The average Bonchev–Trinajstić information content (AvgIpc) is 3.26. The molecule has 1 N–H and O–H groups in total. The third kappa shape index (κ3) is 2.52. The van der Waals surface area contributed by atoms with Crippen molar-refractivity contribution in [3.8, 4) is 0 Å². The first-order valence-electron chi connectivity index (χ1n) is 9.39. The molecule has 1 aliphatic heterocycles. The zero-order valence-corrected chi connectivity index (χ0v) is 14.2. The minimum Gasteiger partial charge on any atom is -0.351 e. The van der Waals surface area contributed by atoms with Crippen molar-refractivity contribution in [1.29, 1.82) is 0 Å². The van der Waals surface area contributed by atoms with Gasteiger partial charge in [0.05, 0.1) is 12.5 Å². The van der Waals surface area contributed by atoms with Crippen molar-refractivity contribution >= 4 is 11.8 Å². The minimum absolute atomic E-state index is 0.0612. The van der Waals surface area contributed by atoms with E-state index in [0.29, 0.717) is 12.5 Å². The molecule has 24 heavy (non-hydrogen) atoms. The van der Waals surface area contributed by atoms with Crippen LogP contribution in [0.1, 0.15) is 69.4 Å². The van der Waals surface area contributed by atoms with E-state index in [1.807, 2.05) is 23.1 Å². The fourth-order valence-corrected chi connectivity index (χ4v) is 4.82. The summed E-state index contributed by atoms with van der Waals surface area (Å²) in [6.45, 7) is 0. The number of nitrogens with one attached hydrogen (secondary N) is 1. The van der Waals surface area contributed by atoms with Gasteiger partial charge < -0.3 is 10.2 Å². The summed E-state index contributed by atoms with van der Waals surface area (Å²) in [6, 6.07) is 10.5. The third-order valence-electron chi connectivity index (χ3n) is 6.14. The van der Waals surface area contributed by atoms with Crippen molar-refractivity contribution in [2.75, 3.05) is 0 Å². The van der Waals surface area contributed by atoms with Crippen LogP contribution in [0, 0.1) is 0 Å². The highest BCUT2D eigenvalue weighted by molar-refractivity contribution is 5.95. The molecule has 4 rings (SSSR count). The summed E-state index contributed by atoms with van der Waals surface area (Å²) in [6.07, 6.45) is 8.77. The van der Waals surface area contributed by atoms with Crippen molar-refractivity contribution in [1.82, 2.24) is 10.2 Å². The van der Waals surface area contributed by atoms with E-state index in [1.165, 1.54) is 12.8 Å². The van der Waals surface area contributed by atoms with Gasteiger partial charge in [-0.05, 0) is 31.2 Å². The van der Waals surface area contributed by atoms with E-state index >= 15 is 0 Å². The highest BCUT2D eigenvalue weighted by atomic mass is 16.2. The van der Waals surface area contributed by atoms with Crippen molar-refractivity contribution < 1.29 is 9.59 Å². The van der Waals surface area contributed by atoms with Crippen LogP contribution in [0.3, 0.4) is 0 Å². The van der Waals surface area contributed by atoms with Gasteiger partial charge >= 0.3 is 0 Å². The molecule has 1 heterocycles. The molecule has 128 valence electrons. The van der Waals surface area contributed by atoms with Crippen LogP contribution in [0.2, 0.25) is 0 Å². The molecule has 0 radical (unpaired) electrons. The Morgan fingerprint density at radius 1 is 1.04 bits per heavy atom. The third-order valence-corrected chi connectivity index (χ3v) is 6.14. The van der Waals surface area contributed by atoms with E-state index in [4.69, 9.17) is 0 Å². The first kappa shape index (κ1) is 15.7. The number of hydrogen-bond donors (Lipinski definition) is 1. The molecule has 3 fully saturated rings. The SMILES string of the molecule is O=C1CC(c2ccccc2)N1C1(C(=O)NC2CCCC2)CCCC1. The molecule has 1 aromatic carbocycles. The highest BCUT2D eigenvalue weighted by Gasteiger charge is 2.55. The summed E-state index contributed by atoms with van der Waals surface area (Å²) in [4.78, 5) is 27.6. The lowest BCUT2D eigenvalue weighted by molar-refractivity contribution is -0.165. The molecule has 2 amide bonds. The summed E-state index contributed by atoms with van der Waals surface area (Å²) >= 11 is 0. The van der Waals surface area contributed by atoms with Crippen molar-refractivity contribution in [2.24, 2.45) is 0 Å². The number of benzene rings is 1. The Kier molecular flexibility index (Phi) is 4.07. The molecule has 2 aliphatic carbocycles. The Balaban J connectivity index is 1.59. The van der Waals surface area contributed by atoms with Crippen LogP contribution in [0.4, 0.5) is 0 Å². The summed E-state index contributed by atoms with van der Waals surface area (Å²) < 4.78 is 0. The summed E-state index contributed by atoms with van der Waals surface area (Å²) in [5.41, 5.74) is 0.537. The van der Waals surface area contributed by atoms with E-state index in [9.17, 15) is 9.59 Å². The predicted octanol–water partition coefficient (Wildman–Crippen LogP) is 3.33. The molecule has 0 aromatic heterocycles. The maximum atomic E-state index is 13.2. The van der Waals surface area contributed by atoms with Gasteiger partial charge in [0, 0.05) is 6.04 Å². The molecule has 2 saturated carbocycles. The van der Waals surface area contributed by atoms with Crippen molar-refractivity contribution in [3.05, 3.63) is 35.9 Å². The van der Waals surface area contributed by atoms with Gasteiger partial charge in [0.25, 0.3) is 0 Å². The monoisotopic (exact) mass is 326 g/mol. The predicted molar refractivity (Wildman–Crippen MR) is 92.2 cm³/mol. The standard InChI is InChI=1S/C20H26N2O2/c23-18-14-17(15-8-2-1-3-9-15)22(18)20(12-6-7-13-20)19(24)21-16-10-4-5-11-16/h1-3,8-9,16-17H,4-7,10-14H2,(H,21,24). The Hall–Kier alpha value is -1.84. The fraction of sp³-hybridized carbons (Fsp3) is 0.600. The Labute approximate surface area is 143 Å². The van der Waals surface area contributed by atoms with Crippen LogP contribution < -0.4 is 5.32 Å². The van der Waals surface area contributed by atoms with Gasteiger partial charge in [0.1, 0.15) is 5.54 Å². The largest absolute Gasteiger partial charge is 0.351 e. The number of rotatable bonds is 4. The highest BCUT2D eigenvalue weighted by Crippen LogP contribution is 2.47. The van der Waals surface area contributed by atoms with Gasteiger partial charge in [0.2, 0.25) is 11.8 Å². The minimum atomic E-state index is -0.613. The van der Waals surface area contributed by atoms with Gasteiger partial charge in [-0.3, -0.25) is 9.59 Å². The van der Waals surface area contributed by atoms with E-state index in [0.717, 1.165) is 44.1 Å². The van der Waals surface area contributed by atoms with E-state index in [1.54, 1.807) is 0 Å². The lowest BCUT2D eigenvalue weighted by atomic mass is 9.83. The molecule has 1 unspecified atom stereocenters. The maximum absolute atomic E-state index is 13.2. The lowest BCUT2D eigenvalue weighted by Crippen LogP contribution is -2.65.